The second-order valence-electron chi connectivity index (χ2n) is 6.49. The van der Waals surface area contributed by atoms with Crippen molar-refractivity contribution in [2.45, 2.75) is 47.1 Å². The molecule has 0 aliphatic rings. The van der Waals surface area contributed by atoms with Crippen molar-refractivity contribution < 1.29 is 4.39 Å². The molecule has 2 heterocycles. The molecule has 0 atom stereocenters. The number of benzene rings is 1. The maximum Gasteiger partial charge on any atom is 0.278 e. The highest BCUT2D eigenvalue weighted by atomic mass is 19.1. The average Bonchev–Trinajstić information content (AvgIpc) is 2.85. The summed E-state index contributed by atoms with van der Waals surface area (Å²) in [6.45, 7) is 10.4. The molecule has 2 aromatic heterocycles. The zero-order valence-corrected chi connectivity index (χ0v) is 14.7. The van der Waals surface area contributed by atoms with Crippen molar-refractivity contribution in [2.75, 3.05) is 0 Å². The van der Waals surface area contributed by atoms with Gasteiger partial charge < -0.3 is 0 Å². The third-order valence-corrected chi connectivity index (χ3v) is 4.45. The maximum absolute atomic E-state index is 13.4. The molecular formula is C19H22FN3O. The van der Waals surface area contributed by atoms with Crippen molar-refractivity contribution in [1.82, 2.24) is 14.2 Å². The van der Waals surface area contributed by atoms with E-state index in [2.05, 4.69) is 13.8 Å². The number of fused-ring (bicyclic) bond motifs is 1. The molecule has 1 aromatic carbocycles. The minimum Gasteiger partial charge on any atom is -0.290 e. The van der Waals surface area contributed by atoms with E-state index in [0.717, 1.165) is 22.4 Å². The van der Waals surface area contributed by atoms with Crippen LogP contribution in [0.4, 0.5) is 4.39 Å². The fraction of sp³-hybridized carbons (Fsp3) is 0.368. The van der Waals surface area contributed by atoms with Crippen LogP contribution in [-0.4, -0.2) is 14.2 Å². The molecule has 0 aliphatic carbocycles. The Hall–Kier alpha value is -2.43. The highest BCUT2D eigenvalue weighted by Gasteiger charge is 2.19. The zero-order valence-electron chi connectivity index (χ0n) is 14.7. The Bertz CT molecular complexity index is 982. The van der Waals surface area contributed by atoms with E-state index in [1.807, 2.05) is 26.8 Å². The summed E-state index contributed by atoms with van der Waals surface area (Å²) in [7, 11) is 0. The minimum absolute atomic E-state index is 0.0528. The Morgan fingerprint density at radius 3 is 2.50 bits per heavy atom. The molecule has 0 saturated carbocycles. The molecule has 126 valence electrons. The lowest BCUT2D eigenvalue weighted by Crippen LogP contribution is -2.26. The second kappa shape index (κ2) is 5.89. The monoisotopic (exact) mass is 327 g/mol. The fourth-order valence-electron chi connectivity index (χ4n) is 3.18. The van der Waals surface area contributed by atoms with Gasteiger partial charge >= 0.3 is 0 Å². The molecule has 0 N–H and O–H groups in total. The molecule has 0 fully saturated rings. The van der Waals surface area contributed by atoms with E-state index in [4.69, 9.17) is 5.10 Å². The summed E-state index contributed by atoms with van der Waals surface area (Å²) < 4.78 is 16.8. The predicted octanol–water partition coefficient (Wildman–Crippen LogP) is 4.06. The molecule has 0 unspecified atom stereocenters. The normalized spacial score (nSPS) is 11.6. The molecule has 24 heavy (non-hydrogen) atoms. The fourth-order valence-corrected chi connectivity index (χ4v) is 3.18. The van der Waals surface area contributed by atoms with Crippen LogP contribution in [0.2, 0.25) is 0 Å². The Balaban J connectivity index is 2.42. The van der Waals surface area contributed by atoms with Crippen LogP contribution >= 0.6 is 0 Å². The van der Waals surface area contributed by atoms with Crippen LogP contribution in [0.5, 0.6) is 0 Å². The highest BCUT2D eigenvalue weighted by Crippen LogP contribution is 2.25. The van der Waals surface area contributed by atoms with E-state index in [0.29, 0.717) is 17.9 Å². The van der Waals surface area contributed by atoms with Crippen LogP contribution in [0.25, 0.3) is 16.9 Å². The first-order valence-electron chi connectivity index (χ1n) is 8.24. The Labute approximate surface area is 140 Å². The van der Waals surface area contributed by atoms with Gasteiger partial charge in [0.15, 0.2) is 5.82 Å². The van der Waals surface area contributed by atoms with E-state index in [1.54, 1.807) is 15.1 Å². The average molecular weight is 327 g/mol. The Morgan fingerprint density at radius 1 is 1.21 bits per heavy atom. The smallest absolute Gasteiger partial charge is 0.278 e. The van der Waals surface area contributed by atoms with Gasteiger partial charge in [-0.05, 0) is 62.1 Å². The number of hydrogen-bond acceptors (Lipinski definition) is 2. The number of nitrogens with zero attached hydrogens (tertiary/aromatic N) is 3. The summed E-state index contributed by atoms with van der Waals surface area (Å²) >= 11 is 0. The van der Waals surface area contributed by atoms with Crippen LogP contribution in [0.15, 0.2) is 29.1 Å². The van der Waals surface area contributed by atoms with E-state index in [-0.39, 0.29) is 17.3 Å². The van der Waals surface area contributed by atoms with Gasteiger partial charge in [0.1, 0.15) is 11.3 Å². The summed E-state index contributed by atoms with van der Waals surface area (Å²) in [6, 6.07) is 6.58. The minimum atomic E-state index is -0.290. The first-order valence-corrected chi connectivity index (χ1v) is 8.24. The first-order chi connectivity index (χ1) is 11.3. The highest BCUT2D eigenvalue weighted by molar-refractivity contribution is 5.63. The number of aryl methyl sites for hydroxylation is 2. The molecule has 0 bridgehead atoms. The van der Waals surface area contributed by atoms with Gasteiger partial charge in [-0.3, -0.25) is 9.36 Å². The summed E-state index contributed by atoms with van der Waals surface area (Å²) in [5, 5.41) is 4.73. The molecule has 0 spiro atoms. The lowest BCUT2D eigenvalue weighted by molar-refractivity contribution is 0.626. The quantitative estimate of drug-likeness (QED) is 0.727. The van der Waals surface area contributed by atoms with Gasteiger partial charge in [0.25, 0.3) is 5.56 Å². The van der Waals surface area contributed by atoms with Crippen LogP contribution in [0, 0.1) is 19.7 Å². The van der Waals surface area contributed by atoms with Gasteiger partial charge in [0.05, 0.1) is 0 Å². The Kier molecular flexibility index (Phi) is 4.03. The Morgan fingerprint density at radius 2 is 1.92 bits per heavy atom. The summed E-state index contributed by atoms with van der Waals surface area (Å²) in [5.41, 5.74) is 4.05. The van der Waals surface area contributed by atoms with Crippen LogP contribution in [0.3, 0.4) is 0 Å². The van der Waals surface area contributed by atoms with Gasteiger partial charge in [0, 0.05) is 17.8 Å². The molecule has 5 heteroatoms. The third-order valence-electron chi connectivity index (χ3n) is 4.45. The van der Waals surface area contributed by atoms with Crippen LogP contribution < -0.4 is 5.56 Å². The molecule has 4 nitrogen and oxygen atoms in total. The van der Waals surface area contributed by atoms with Gasteiger partial charge in [-0.25, -0.2) is 8.91 Å². The van der Waals surface area contributed by atoms with Crippen molar-refractivity contribution in [3.63, 3.8) is 0 Å². The molecule has 3 aromatic rings. The lowest BCUT2D eigenvalue weighted by atomic mass is 10.1. The third kappa shape index (κ3) is 2.44. The van der Waals surface area contributed by atoms with Crippen molar-refractivity contribution in [2.24, 2.45) is 0 Å². The van der Waals surface area contributed by atoms with E-state index >= 15 is 0 Å². The predicted molar refractivity (Wildman–Crippen MR) is 94.1 cm³/mol. The van der Waals surface area contributed by atoms with Crippen LogP contribution in [-0.2, 0) is 6.54 Å². The van der Waals surface area contributed by atoms with Gasteiger partial charge in [-0.2, -0.15) is 0 Å². The number of halogens is 1. The van der Waals surface area contributed by atoms with Crippen molar-refractivity contribution in [3.8, 4) is 11.4 Å². The first kappa shape index (κ1) is 16.4. The summed E-state index contributed by atoms with van der Waals surface area (Å²) in [6.07, 6.45) is 0. The molecular weight excluding hydrogens is 305 g/mol. The lowest BCUT2D eigenvalue weighted by Gasteiger charge is -2.14. The SMILES string of the molecule is CCn1c(-c2ccc(F)cc2C)nn2c(C)cc(C(C)C)c2c1=O. The number of rotatable bonds is 3. The van der Waals surface area contributed by atoms with Gasteiger partial charge in [0.2, 0.25) is 0 Å². The standard InChI is InChI=1S/C19H22FN3O/c1-6-22-18(15-8-7-14(20)9-12(15)4)21-23-13(5)10-16(11(2)3)17(23)19(22)24/h7-11H,6H2,1-5H3. The molecule has 0 saturated heterocycles. The van der Waals surface area contributed by atoms with Gasteiger partial charge in [-0.15, -0.1) is 5.10 Å². The molecule has 0 radical (unpaired) electrons. The number of aromatic nitrogens is 3. The van der Waals surface area contributed by atoms with Crippen LogP contribution in [0.1, 0.15) is 43.5 Å². The summed E-state index contributed by atoms with van der Waals surface area (Å²) in [5.74, 6) is 0.524. The van der Waals surface area contributed by atoms with E-state index in [9.17, 15) is 9.18 Å². The molecule has 0 aliphatic heterocycles. The largest absolute Gasteiger partial charge is 0.290 e. The topological polar surface area (TPSA) is 39.3 Å². The number of hydrogen-bond donors (Lipinski definition) is 0. The second-order valence-corrected chi connectivity index (χ2v) is 6.49. The van der Waals surface area contributed by atoms with Gasteiger partial charge in [-0.1, -0.05) is 13.8 Å². The zero-order chi connectivity index (χ0) is 17.6. The van der Waals surface area contributed by atoms with Crippen molar-refractivity contribution >= 4 is 5.52 Å². The molecule has 3 rings (SSSR count). The summed E-state index contributed by atoms with van der Waals surface area (Å²) in [4.78, 5) is 13.1. The van der Waals surface area contributed by atoms with E-state index < -0.39 is 0 Å². The molecule has 0 amide bonds. The van der Waals surface area contributed by atoms with E-state index in [1.165, 1.54) is 12.1 Å². The maximum atomic E-state index is 13.4. The van der Waals surface area contributed by atoms with Crippen molar-refractivity contribution in [1.29, 1.82) is 0 Å². The van der Waals surface area contributed by atoms with Crippen molar-refractivity contribution in [3.05, 3.63) is 57.3 Å².